The highest BCUT2D eigenvalue weighted by molar-refractivity contribution is 5.97. The molecule has 0 spiro atoms. The van der Waals surface area contributed by atoms with E-state index in [0.717, 1.165) is 49.4 Å². The summed E-state index contributed by atoms with van der Waals surface area (Å²) in [6.45, 7) is 53.2. The third-order valence-corrected chi connectivity index (χ3v) is 27.5. The van der Waals surface area contributed by atoms with Gasteiger partial charge in [-0.1, -0.05) is 255 Å². The van der Waals surface area contributed by atoms with Gasteiger partial charge in [-0.15, -0.1) is 0 Å². The molecular weight excluding hydrogens is 1460 g/mol. The maximum atomic E-state index is 2.62. The van der Waals surface area contributed by atoms with E-state index in [1.54, 1.807) is 16.7 Å². The Morgan fingerprint density at radius 3 is 0.909 bits per heavy atom. The normalized spacial score (nSPS) is 15.5. The molecule has 638 valence electrons. The number of aromatic nitrogens is 4. The molecule has 0 aliphatic heterocycles. The molecule has 0 amide bonds. The molecule has 4 heterocycles. The lowest BCUT2D eigenvalue weighted by Crippen LogP contribution is -2.31. The van der Waals surface area contributed by atoms with Crippen LogP contribution in [0.3, 0.4) is 0 Å². The Labute approximate surface area is 733 Å². The van der Waals surface area contributed by atoms with Gasteiger partial charge < -0.3 is 0 Å². The van der Waals surface area contributed by atoms with Crippen LogP contribution in [0.1, 0.15) is 334 Å². The summed E-state index contributed by atoms with van der Waals surface area (Å²) in [5.41, 5.74) is 34.4. The number of benzene rings is 8. The van der Waals surface area contributed by atoms with E-state index < -0.39 is 0 Å². The molecule has 0 bridgehead atoms. The van der Waals surface area contributed by atoms with Crippen molar-refractivity contribution in [2.24, 2.45) is 49.9 Å². The fourth-order valence-corrected chi connectivity index (χ4v) is 21.3. The number of nitrogens with zero attached hydrogens (tertiary/aromatic N) is 4. The largest absolute Gasteiger partial charge is 0.220 e. The number of rotatable bonds is 12. The van der Waals surface area contributed by atoms with E-state index in [1.807, 2.05) is 0 Å². The van der Waals surface area contributed by atoms with Crippen molar-refractivity contribution in [1.82, 2.24) is 0 Å². The second-order valence-electron chi connectivity index (χ2n) is 45.2. The van der Waals surface area contributed by atoms with Crippen LogP contribution < -0.4 is 18.3 Å². The Bertz CT molecular complexity index is 5730. The van der Waals surface area contributed by atoms with Crippen LogP contribution >= 0.6 is 0 Å². The van der Waals surface area contributed by atoms with E-state index in [-0.39, 0.29) is 16.2 Å². The van der Waals surface area contributed by atoms with Gasteiger partial charge in [0.15, 0.2) is 24.8 Å². The Balaban J connectivity index is 0.000000139. The molecule has 4 saturated carbocycles. The summed E-state index contributed by atoms with van der Waals surface area (Å²) >= 11 is 0. The molecule has 8 aromatic carbocycles. The van der Waals surface area contributed by atoms with Crippen molar-refractivity contribution >= 4 is 43.1 Å². The number of fused-ring (bicyclic) bond motifs is 4. The molecule has 12 aromatic rings. The van der Waals surface area contributed by atoms with E-state index >= 15 is 0 Å². The SMILES string of the molecule is Cc1c(-c2c3ccc(CC(C)(C)C)cc3cc[n+]2C)cc(C(C)(C)C)cc1C(C)(C)C.Cc1c(-c2c3ccc(CC(C)(C)C)cc3cc[n+]2C)cc(C2CCCC2)cc1C1CCCC1.Cc1cc(C2CCCC2)cc(-c2c3ccc(CC(C)(C)C)cc3cc[n+]2C)c1C.Cc1ccc(C2CCCC2)cc1-c1c2ccc(CC(C)(C)C)cc2cc[n+]1C. The van der Waals surface area contributed by atoms with Crippen LogP contribution in [0, 0.1) is 56.3 Å². The molecule has 0 radical (unpaired) electrons. The molecule has 0 unspecified atom stereocenters. The van der Waals surface area contributed by atoms with Crippen molar-refractivity contribution in [2.75, 3.05) is 0 Å². The highest BCUT2D eigenvalue weighted by Crippen LogP contribution is 2.47. The van der Waals surface area contributed by atoms with Crippen LogP contribution in [0.4, 0.5) is 0 Å². The van der Waals surface area contributed by atoms with Crippen LogP contribution in [0.2, 0.25) is 0 Å². The third kappa shape index (κ3) is 21.6. The first kappa shape index (κ1) is 90.1. The number of aryl methyl sites for hydroxylation is 6. The van der Waals surface area contributed by atoms with Crippen LogP contribution in [0.15, 0.2) is 176 Å². The minimum Gasteiger partial charge on any atom is -0.200 e. The molecule has 4 aromatic heterocycles. The standard InChI is InChI=1S/C32H42N.C30H42N.C28H36N.C27H34N/c1-22-29(25-12-8-9-13-25)19-27(24-10-6-7-11-24)20-30(22)31-28-15-14-23(21-32(2,3)4)18-26(28)16-17-33(31)5;1-20-25(17-23(29(5,6)7)18-26(20)30(8,9)10)27-24-13-12-21(19-28(2,3)4)16-22(24)14-15-31(27)11;1-19-15-24(22-9-7-8-10-22)17-26(20(19)2)27-25-12-11-21(18-28(3,4)5)16-23(25)13-14-29(27)6;1-19-10-12-22(21-8-6-7-9-21)17-25(19)26-24-13-11-20(18-27(2,3)4)16-23(24)14-15-28(26)5/h14-20,24-25H,6-13,21H2,1-5H3;12-18H,19H2,1-11H3;11-17,22H,7-10,18H2,1-6H3;10-17,21H,6-9,18H2,1-5H3/q4*+1. The molecule has 4 fully saturated rings. The molecule has 4 aliphatic rings. The van der Waals surface area contributed by atoms with Crippen molar-refractivity contribution in [1.29, 1.82) is 0 Å². The third-order valence-electron chi connectivity index (χ3n) is 27.5. The smallest absolute Gasteiger partial charge is 0.200 e. The minimum absolute atomic E-state index is 0.100. The fourth-order valence-electron chi connectivity index (χ4n) is 21.3. The van der Waals surface area contributed by atoms with Crippen LogP contribution in [-0.2, 0) is 64.7 Å². The minimum atomic E-state index is 0.100. The fraction of sp³-hybridized carbons (Fsp3) is 0.487. The van der Waals surface area contributed by atoms with Crippen LogP contribution in [-0.4, -0.2) is 0 Å². The summed E-state index contributed by atoms with van der Waals surface area (Å²) in [5.74, 6) is 3.00. The van der Waals surface area contributed by atoms with E-state index in [0.29, 0.717) is 16.2 Å². The van der Waals surface area contributed by atoms with Gasteiger partial charge in [0.1, 0.15) is 28.2 Å². The summed E-state index contributed by atoms with van der Waals surface area (Å²) in [4.78, 5) is 0. The van der Waals surface area contributed by atoms with Gasteiger partial charge in [-0.25, -0.2) is 18.3 Å². The maximum absolute atomic E-state index is 2.62. The summed E-state index contributed by atoms with van der Waals surface area (Å²) < 4.78 is 9.27. The predicted molar refractivity (Wildman–Crippen MR) is 521 cm³/mol. The second-order valence-corrected chi connectivity index (χ2v) is 45.2. The van der Waals surface area contributed by atoms with Gasteiger partial charge in [-0.2, -0.15) is 0 Å². The Hall–Kier alpha value is -8.60. The summed E-state index contributed by atoms with van der Waals surface area (Å²) in [6, 6.07) is 59.6. The van der Waals surface area contributed by atoms with E-state index in [1.165, 1.54) is 258 Å². The molecule has 16 rings (SSSR count). The van der Waals surface area contributed by atoms with Crippen LogP contribution in [0.5, 0.6) is 0 Å². The van der Waals surface area contributed by atoms with E-state index in [4.69, 9.17) is 0 Å². The van der Waals surface area contributed by atoms with Crippen molar-refractivity contribution in [3.05, 3.63) is 260 Å². The van der Waals surface area contributed by atoms with Gasteiger partial charge in [-0.05, 0) is 321 Å². The van der Waals surface area contributed by atoms with Gasteiger partial charge in [0.25, 0.3) is 0 Å². The first-order valence-electron chi connectivity index (χ1n) is 47.1. The van der Waals surface area contributed by atoms with Crippen molar-refractivity contribution in [3.63, 3.8) is 0 Å². The monoisotopic (exact) mass is 1620 g/mol. The van der Waals surface area contributed by atoms with Gasteiger partial charge in [0.05, 0.1) is 38.2 Å². The first-order chi connectivity index (χ1) is 56.9. The predicted octanol–water partition coefficient (Wildman–Crippen LogP) is 30.4. The molecule has 121 heavy (non-hydrogen) atoms. The van der Waals surface area contributed by atoms with Gasteiger partial charge in [-0.3, -0.25) is 0 Å². The lowest BCUT2D eigenvalue weighted by Gasteiger charge is -2.28. The Morgan fingerprint density at radius 1 is 0.264 bits per heavy atom. The highest BCUT2D eigenvalue weighted by Gasteiger charge is 2.33. The number of pyridine rings is 4. The lowest BCUT2D eigenvalue weighted by atomic mass is 9.76. The topological polar surface area (TPSA) is 15.5 Å². The quantitative estimate of drug-likeness (QED) is 0.108. The maximum Gasteiger partial charge on any atom is 0.220 e. The van der Waals surface area contributed by atoms with Gasteiger partial charge in [0.2, 0.25) is 22.8 Å². The average molecular weight is 1620 g/mol. The van der Waals surface area contributed by atoms with Crippen molar-refractivity contribution in [3.8, 4) is 45.0 Å². The zero-order valence-electron chi connectivity index (χ0n) is 80.5. The molecule has 4 aliphatic carbocycles. The van der Waals surface area contributed by atoms with E-state index in [2.05, 4.69) is 382 Å². The Morgan fingerprint density at radius 2 is 0.570 bits per heavy atom. The van der Waals surface area contributed by atoms with Crippen molar-refractivity contribution in [2.45, 2.75) is 322 Å². The van der Waals surface area contributed by atoms with Gasteiger partial charge in [0, 0.05) is 29.8 Å². The highest BCUT2D eigenvalue weighted by atomic mass is 14.9. The Kier molecular flexibility index (Phi) is 27.0. The van der Waals surface area contributed by atoms with Crippen molar-refractivity contribution < 1.29 is 18.3 Å². The molecular formula is C117H154N4+4. The molecule has 0 N–H and O–H groups in total. The number of hydrogen-bond donors (Lipinski definition) is 0. The zero-order valence-corrected chi connectivity index (χ0v) is 80.5. The van der Waals surface area contributed by atoms with Crippen LogP contribution in [0.25, 0.3) is 88.1 Å². The molecule has 0 atom stereocenters. The van der Waals surface area contributed by atoms with E-state index in [9.17, 15) is 0 Å². The lowest BCUT2D eigenvalue weighted by molar-refractivity contribution is -0.659. The summed E-state index contributed by atoms with van der Waals surface area (Å²) in [7, 11) is 8.78. The average Bonchev–Trinajstić information content (AvgIpc) is 1.67. The molecule has 4 nitrogen and oxygen atoms in total. The second kappa shape index (κ2) is 36.3. The summed E-state index contributed by atoms with van der Waals surface area (Å²) in [5, 5.41) is 10.8. The molecule has 4 heteroatoms. The molecule has 0 saturated heterocycles. The van der Waals surface area contributed by atoms with Gasteiger partial charge >= 0.3 is 0 Å². The number of hydrogen-bond acceptors (Lipinski definition) is 0. The summed E-state index contributed by atoms with van der Waals surface area (Å²) in [6.07, 6.45) is 35.3. The first-order valence-corrected chi connectivity index (χ1v) is 47.1. The zero-order chi connectivity index (χ0) is 87.2.